The van der Waals surface area contributed by atoms with Crippen LogP contribution in [0, 0.1) is 0 Å². The van der Waals surface area contributed by atoms with E-state index in [1.54, 1.807) is 0 Å². The fourth-order valence-corrected chi connectivity index (χ4v) is 2.79. The van der Waals surface area contributed by atoms with Crippen LogP contribution in [0.3, 0.4) is 0 Å². The van der Waals surface area contributed by atoms with Crippen LogP contribution < -0.4 is 4.74 Å². The van der Waals surface area contributed by atoms with Gasteiger partial charge in [-0.1, -0.05) is 0 Å². The molecular weight excluding hydrogens is 268 g/mol. The molecule has 2 heterocycles. The summed E-state index contributed by atoms with van der Waals surface area (Å²) in [6, 6.07) is 2.99. The maximum atomic E-state index is 12.0. The monoisotopic (exact) mass is 278 g/mol. The van der Waals surface area contributed by atoms with Crippen molar-refractivity contribution in [1.82, 2.24) is 0 Å². The lowest BCUT2D eigenvalue weighted by Crippen LogP contribution is -2.20. The van der Waals surface area contributed by atoms with Crippen LogP contribution in [-0.2, 0) is 0 Å². The van der Waals surface area contributed by atoms with Crippen molar-refractivity contribution in [2.24, 2.45) is 0 Å². The van der Waals surface area contributed by atoms with Crippen LogP contribution in [0.15, 0.2) is 22.9 Å². The second kappa shape index (κ2) is 4.17. The number of hydrogen-bond acceptors (Lipinski definition) is 6. The molecule has 3 N–H and O–H groups in total. The van der Waals surface area contributed by atoms with Gasteiger partial charge in [-0.2, -0.15) is 11.3 Å². The molecule has 1 aliphatic heterocycles. The number of carbonyl (C=O) groups excluding carboxylic acids is 1. The highest BCUT2D eigenvalue weighted by atomic mass is 32.1. The van der Waals surface area contributed by atoms with Gasteiger partial charge in [0.15, 0.2) is 17.3 Å². The summed E-state index contributed by atoms with van der Waals surface area (Å²) in [5.41, 5.74) is 0.790. The molecular formula is C13H10O5S. The Kier molecular flexibility index (Phi) is 2.60. The van der Waals surface area contributed by atoms with Crippen LogP contribution in [0.25, 0.3) is 0 Å². The highest BCUT2D eigenvalue weighted by Crippen LogP contribution is 2.47. The molecule has 0 saturated heterocycles. The molecule has 0 amide bonds. The van der Waals surface area contributed by atoms with E-state index in [9.17, 15) is 20.1 Å². The minimum absolute atomic E-state index is 0.0817. The number of rotatable bonds is 1. The number of benzene rings is 1. The van der Waals surface area contributed by atoms with Crippen molar-refractivity contribution in [1.29, 1.82) is 0 Å². The summed E-state index contributed by atoms with van der Waals surface area (Å²) in [6.45, 7) is 0. The molecule has 2 aromatic rings. The SMILES string of the molecule is O=C1CC(c2ccsc2)Oc2cc(O)c(O)c(O)c21. The molecule has 19 heavy (non-hydrogen) atoms. The van der Waals surface area contributed by atoms with E-state index < -0.39 is 23.4 Å². The number of phenolic OH excluding ortho intramolecular Hbond substituents is 3. The van der Waals surface area contributed by atoms with Gasteiger partial charge >= 0.3 is 0 Å². The van der Waals surface area contributed by atoms with Crippen molar-refractivity contribution in [3.63, 3.8) is 0 Å². The fourth-order valence-electron chi connectivity index (χ4n) is 2.09. The predicted molar refractivity (Wildman–Crippen MR) is 68.1 cm³/mol. The van der Waals surface area contributed by atoms with Crippen LogP contribution in [0.2, 0.25) is 0 Å². The molecule has 1 aromatic heterocycles. The Labute approximate surface area is 112 Å². The largest absolute Gasteiger partial charge is 0.504 e. The maximum absolute atomic E-state index is 12.0. The molecule has 0 saturated carbocycles. The number of carbonyl (C=O) groups is 1. The summed E-state index contributed by atoms with van der Waals surface area (Å²) in [5.74, 6) is -2.10. The van der Waals surface area contributed by atoms with Crippen molar-refractivity contribution in [2.75, 3.05) is 0 Å². The van der Waals surface area contributed by atoms with Gasteiger partial charge in [0.2, 0.25) is 5.75 Å². The standard InChI is InChI=1S/C13H10O5S/c14-7-3-9(6-1-2-19-5-6)18-10-4-8(15)12(16)13(17)11(7)10/h1-2,4-5,9,15-17H,3H2. The number of aromatic hydroxyl groups is 3. The number of fused-ring (bicyclic) bond motifs is 1. The molecule has 1 atom stereocenters. The molecule has 0 aliphatic carbocycles. The summed E-state index contributed by atoms with van der Waals surface area (Å²) < 4.78 is 5.62. The van der Waals surface area contributed by atoms with Crippen molar-refractivity contribution in [3.8, 4) is 23.0 Å². The maximum Gasteiger partial charge on any atom is 0.201 e. The number of ether oxygens (including phenoxy) is 1. The van der Waals surface area contributed by atoms with E-state index in [4.69, 9.17) is 4.74 Å². The Morgan fingerprint density at radius 2 is 2.05 bits per heavy atom. The second-order valence-electron chi connectivity index (χ2n) is 4.26. The minimum Gasteiger partial charge on any atom is -0.504 e. The normalized spacial score (nSPS) is 17.9. The van der Waals surface area contributed by atoms with Gasteiger partial charge in [-0.05, 0) is 16.8 Å². The molecule has 0 fully saturated rings. The lowest BCUT2D eigenvalue weighted by Gasteiger charge is -2.25. The molecule has 1 aromatic carbocycles. The third-order valence-electron chi connectivity index (χ3n) is 3.05. The van der Waals surface area contributed by atoms with E-state index in [0.29, 0.717) is 0 Å². The highest BCUT2D eigenvalue weighted by molar-refractivity contribution is 7.07. The molecule has 98 valence electrons. The molecule has 0 radical (unpaired) electrons. The van der Waals surface area contributed by atoms with Gasteiger partial charge in [0.05, 0.1) is 6.42 Å². The number of ketones is 1. The lowest BCUT2D eigenvalue weighted by atomic mass is 9.96. The topological polar surface area (TPSA) is 87.0 Å². The van der Waals surface area contributed by atoms with Crippen LogP contribution in [0.5, 0.6) is 23.0 Å². The Hall–Kier alpha value is -2.21. The summed E-state index contributed by atoms with van der Waals surface area (Å²) >= 11 is 1.49. The minimum atomic E-state index is -0.704. The van der Waals surface area contributed by atoms with E-state index in [1.165, 1.54) is 11.3 Å². The van der Waals surface area contributed by atoms with Gasteiger partial charge in [0.1, 0.15) is 17.4 Å². The molecule has 1 unspecified atom stereocenters. The van der Waals surface area contributed by atoms with E-state index in [2.05, 4.69) is 0 Å². The van der Waals surface area contributed by atoms with Crippen molar-refractivity contribution in [3.05, 3.63) is 34.0 Å². The van der Waals surface area contributed by atoms with Crippen molar-refractivity contribution >= 4 is 17.1 Å². The second-order valence-corrected chi connectivity index (χ2v) is 5.04. The summed E-state index contributed by atoms with van der Waals surface area (Å²) in [4.78, 5) is 12.0. The van der Waals surface area contributed by atoms with Gasteiger partial charge in [-0.25, -0.2) is 0 Å². The average Bonchev–Trinajstić information content (AvgIpc) is 2.89. The average molecular weight is 278 g/mol. The van der Waals surface area contributed by atoms with E-state index in [0.717, 1.165) is 11.6 Å². The zero-order chi connectivity index (χ0) is 13.6. The van der Waals surface area contributed by atoms with Crippen LogP contribution in [0.4, 0.5) is 0 Å². The number of phenols is 3. The van der Waals surface area contributed by atoms with Gasteiger partial charge < -0.3 is 20.1 Å². The first kappa shape index (κ1) is 11.9. The Balaban J connectivity index is 2.08. The van der Waals surface area contributed by atoms with Crippen molar-refractivity contribution in [2.45, 2.75) is 12.5 Å². The third kappa shape index (κ3) is 1.80. The Morgan fingerprint density at radius 3 is 2.74 bits per heavy atom. The zero-order valence-electron chi connectivity index (χ0n) is 9.66. The van der Waals surface area contributed by atoms with Gasteiger partial charge in [0, 0.05) is 11.6 Å². The number of Topliss-reactive ketones (excluding diaryl/α,β-unsaturated/α-hetero) is 1. The summed E-state index contributed by atoms with van der Waals surface area (Å²) in [5, 5.41) is 32.3. The van der Waals surface area contributed by atoms with E-state index >= 15 is 0 Å². The first-order valence-electron chi connectivity index (χ1n) is 5.57. The van der Waals surface area contributed by atoms with Gasteiger partial charge in [-0.15, -0.1) is 0 Å². The Morgan fingerprint density at radius 1 is 1.26 bits per heavy atom. The van der Waals surface area contributed by atoms with Crippen LogP contribution >= 0.6 is 11.3 Å². The quantitative estimate of drug-likeness (QED) is 0.698. The number of hydrogen-bond donors (Lipinski definition) is 3. The zero-order valence-corrected chi connectivity index (χ0v) is 10.5. The first-order valence-corrected chi connectivity index (χ1v) is 6.52. The molecule has 1 aliphatic rings. The molecule has 3 rings (SSSR count). The lowest BCUT2D eigenvalue weighted by molar-refractivity contribution is 0.0843. The van der Waals surface area contributed by atoms with E-state index in [1.807, 2.05) is 16.8 Å². The summed E-state index contributed by atoms with van der Waals surface area (Å²) in [7, 11) is 0. The molecule has 0 bridgehead atoms. The Bertz CT molecular complexity index is 648. The molecule has 5 nitrogen and oxygen atoms in total. The van der Waals surface area contributed by atoms with Crippen molar-refractivity contribution < 1.29 is 24.9 Å². The third-order valence-corrected chi connectivity index (χ3v) is 3.75. The van der Waals surface area contributed by atoms with Gasteiger partial charge in [-0.3, -0.25) is 4.79 Å². The fraction of sp³-hybridized carbons (Fsp3) is 0.154. The van der Waals surface area contributed by atoms with Crippen LogP contribution in [0.1, 0.15) is 28.4 Å². The number of thiophene rings is 1. The van der Waals surface area contributed by atoms with E-state index in [-0.39, 0.29) is 23.5 Å². The summed E-state index contributed by atoms with van der Waals surface area (Å²) in [6.07, 6.45) is -0.351. The smallest absolute Gasteiger partial charge is 0.201 e. The highest BCUT2D eigenvalue weighted by Gasteiger charge is 2.32. The predicted octanol–water partition coefficient (Wildman–Crippen LogP) is 2.57. The first-order chi connectivity index (χ1) is 9.08. The van der Waals surface area contributed by atoms with Crippen LogP contribution in [-0.4, -0.2) is 21.1 Å². The molecule has 6 heteroatoms. The van der Waals surface area contributed by atoms with Gasteiger partial charge in [0.25, 0.3) is 0 Å². The molecule has 0 spiro atoms.